The van der Waals surface area contributed by atoms with Gasteiger partial charge in [0.25, 0.3) is 0 Å². The second kappa shape index (κ2) is 11.0. The lowest BCUT2D eigenvalue weighted by molar-refractivity contribution is 0.658. The van der Waals surface area contributed by atoms with Crippen LogP contribution >= 0.6 is 0 Å². The molecule has 0 aliphatic heterocycles. The lowest BCUT2D eigenvalue weighted by atomic mass is 9.94. The zero-order valence-electron chi connectivity index (χ0n) is 30.0. The van der Waals surface area contributed by atoms with E-state index in [2.05, 4.69) is 191 Å². The van der Waals surface area contributed by atoms with E-state index in [9.17, 15) is 0 Å². The number of para-hydroxylation sites is 4. The average Bonchev–Trinajstić information content (AvgIpc) is 4.00. The molecule has 0 unspecified atom stereocenters. The van der Waals surface area contributed by atoms with Gasteiger partial charge in [-0.15, -0.1) is 0 Å². The second-order valence-electron chi connectivity index (χ2n) is 14.8. The Balaban J connectivity index is 1.14. The first-order chi connectivity index (χ1) is 27.8. The van der Waals surface area contributed by atoms with Gasteiger partial charge in [0.1, 0.15) is 22.3 Å². The fraction of sp³-hybridized carbons (Fsp3) is 0. The normalized spacial score (nSPS) is 12.3. The summed E-state index contributed by atoms with van der Waals surface area (Å²) in [6.45, 7) is 0. The first-order valence-electron chi connectivity index (χ1n) is 19.1. The first kappa shape index (κ1) is 29.8. The molecule has 4 heteroatoms. The van der Waals surface area contributed by atoms with Crippen LogP contribution in [0.5, 0.6) is 0 Å². The van der Waals surface area contributed by atoms with Crippen LogP contribution in [0.2, 0.25) is 0 Å². The Morgan fingerprint density at radius 3 is 1.20 bits per heavy atom. The fourth-order valence-electron chi connectivity index (χ4n) is 9.48. The van der Waals surface area contributed by atoms with Crippen molar-refractivity contribution >= 4 is 98.3 Å². The Morgan fingerprint density at radius 2 is 0.714 bits per heavy atom. The van der Waals surface area contributed by atoms with Crippen molar-refractivity contribution in [3.63, 3.8) is 0 Å². The quantitative estimate of drug-likeness (QED) is 0.183. The third kappa shape index (κ3) is 3.97. The van der Waals surface area contributed by atoms with Gasteiger partial charge in [-0.2, -0.15) is 0 Å². The molecule has 13 aromatic rings. The van der Waals surface area contributed by atoms with Gasteiger partial charge in [0.15, 0.2) is 0 Å². The minimum absolute atomic E-state index is 0.824. The second-order valence-corrected chi connectivity index (χ2v) is 14.8. The molecule has 4 heterocycles. The van der Waals surface area contributed by atoms with Crippen LogP contribution < -0.4 is 0 Å². The van der Waals surface area contributed by atoms with E-state index in [4.69, 9.17) is 8.83 Å². The molecule has 0 amide bonds. The SMILES string of the molecule is c1ccc2c(-c3c4oc5ccc(-n6c7ccccc7c7ccccc76)cc5c4cc4c3oc3ccc(-n5c6ccccc6c6ccccc65)cc34)cccc2c1. The van der Waals surface area contributed by atoms with E-state index in [1.807, 2.05) is 0 Å². The fourth-order valence-corrected chi connectivity index (χ4v) is 9.48. The van der Waals surface area contributed by atoms with E-state index in [0.717, 1.165) is 71.8 Å². The molecule has 0 aliphatic rings. The maximum Gasteiger partial charge on any atom is 0.147 e. The van der Waals surface area contributed by atoms with E-state index in [-0.39, 0.29) is 0 Å². The van der Waals surface area contributed by atoms with Crippen LogP contribution in [0.3, 0.4) is 0 Å². The highest BCUT2D eigenvalue weighted by Crippen LogP contribution is 2.47. The number of aromatic nitrogens is 2. The minimum atomic E-state index is 0.824. The number of furan rings is 2. The molecule has 0 radical (unpaired) electrons. The molecule has 0 spiro atoms. The van der Waals surface area contributed by atoms with E-state index in [1.165, 1.54) is 49.0 Å². The van der Waals surface area contributed by atoms with Gasteiger partial charge in [0.2, 0.25) is 0 Å². The van der Waals surface area contributed by atoms with Gasteiger partial charge in [-0.05, 0) is 83.1 Å². The van der Waals surface area contributed by atoms with Crippen LogP contribution in [0.25, 0.3) is 121 Å². The molecule has 56 heavy (non-hydrogen) atoms. The largest absolute Gasteiger partial charge is 0.455 e. The Bertz CT molecular complexity index is 3460. The summed E-state index contributed by atoms with van der Waals surface area (Å²) in [4.78, 5) is 0. The number of nitrogens with zero attached hydrogens (tertiary/aromatic N) is 2. The van der Waals surface area contributed by atoms with E-state index in [0.29, 0.717) is 0 Å². The molecule has 0 saturated carbocycles. The Labute approximate surface area is 319 Å². The minimum Gasteiger partial charge on any atom is -0.455 e. The third-order valence-corrected chi connectivity index (χ3v) is 11.9. The molecule has 4 nitrogen and oxygen atoms in total. The topological polar surface area (TPSA) is 36.1 Å². The van der Waals surface area contributed by atoms with Crippen LogP contribution in [-0.2, 0) is 0 Å². The molecule has 9 aromatic carbocycles. The molecule has 0 bridgehead atoms. The predicted molar refractivity (Wildman–Crippen MR) is 233 cm³/mol. The van der Waals surface area contributed by atoms with Crippen LogP contribution in [0, 0.1) is 0 Å². The molecular formula is C52H30N2O2. The summed E-state index contributed by atoms with van der Waals surface area (Å²) in [6, 6.07) is 65.2. The van der Waals surface area contributed by atoms with Crippen LogP contribution in [0.1, 0.15) is 0 Å². The summed E-state index contributed by atoms with van der Waals surface area (Å²) >= 11 is 0. The number of hydrogen-bond acceptors (Lipinski definition) is 2. The van der Waals surface area contributed by atoms with Crippen LogP contribution in [0.15, 0.2) is 191 Å². The molecule has 0 atom stereocenters. The molecular weight excluding hydrogens is 685 g/mol. The van der Waals surface area contributed by atoms with Crippen molar-refractivity contribution in [3.8, 4) is 22.5 Å². The highest BCUT2D eigenvalue weighted by atomic mass is 16.3. The van der Waals surface area contributed by atoms with Crippen LogP contribution in [0.4, 0.5) is 0 Å². The van der Waals surface area contributed by atoms with E-state index < -0.39 is 0 Å². The molecule has 0 fully saturated rings. The van der Waals surface area contributed by atoms with Gasteiger partial charge >= 0.3 is 0 Å². The Kier molecular flexibility index (Phi) is 5.86. The summed E-state index contributed by atoms with van der Waals surface area (Å²) < 4.78 is 18.6. The zero-order chi connectivity index (χ0) is 36.5. The highest BCUT2D eigenvalue weighted by molar-refractivity contribution is 6.24. The van der Waals surface area contributed by atoms with Gasteiger partial charge in [0, 0.05) is 54.5 Å². The average molecular weight is 715 g/mol. The highest BCUT2D eigenvalue weighted by Gasteiger charge is 2.24. The summed E-state index contributed by atoms with van der Waals surface area (Å²) in [5.74, 6) is 0. The zero-order valence-corrected chi connectivity index (χ0v) is 30.0. The smallest absolute Gasteiger partial charge is 0.147 e. The van der Waals surface area contributed by atoms with Crippen molar-refractivity contribution in [2.24, 2.45) is 0 Å². The molecule has 13 rings (SSSR count). The molecule has 4 aromatic heterocycles. The first-order valence-corrected chi connectivity index (χ1v) is 19.1. The lowest BCUT2D eigenvalue weighted by Gasteiger charge is -2.09. The molecule has 0 N–H and O–H groups in total. The predicted octanol–water partition coefficient (Wildman–Crippen LogP) is 14.5. The van der Waals surface area contributed by atoms with Crippen LogP contribution in [-0.4, -0.2) is 9.13 Å². The maximum atomic E-state index is 6.94. The molecule has 260 valence electrons. The van der Waals surface area contributed by atoms with Gasteiger partial charge in [0.05, 0.1) is 27.6 Å². The van der Waals surface area contributed by atoms with Gasteiger partial charge in [-0.3, -0.25) is 0 Å². The maximum absolute atomic E-state index is 6.94. The van der Waals surface area contributed by atoms with Crippen molar-refractivity contribution in [1.82, 2.24) is 9.13 Å². The van der Waals surface area contributed by atoms with Crippen molar-refractivity contribution < 1.29 is 8.83 Å². The standard InChI is InChI=1S/C52H30N2O2/c1-2-14-34-31(12-1)13-11-19-39(34)50-51-42(40-28-32(24-26-48(40)55-51)53-44-20-7-3-15-35(44)36-16-4-8-21-45(36)53)30-43-41-29-33(25-27-49(41)56-52(43)50)54-46-22-9-5-17-37(46)38-18-6-10-23-47(38)54/h1-30H. The van der Waals surface area contributed by atoms with E-state index in [1.54, 1.807) is 0 Å². The number of rotatable bonds is 3. The summed E-state index contributed by atoms with van der Waals surface area (Å²) in [7, 11) is 0. The lowest BCUT2D eigenvalue weighted by Crippen LogP contribution is -1.93. The van der Waals surface area contributed by atoms with Gasteiger partial charge in [-0.25, -0.2) is 0 Å². The molecule has 0 aliphatic carbocycles. The Morgan fingerprint density at radius 1 is 0.304 bits per heavy atom. The molecule has 0 saturated heterocycles. The van der Waals surface area contributed by atoms with Crippen molar-refractivity contribution in [3.05, 3.63) is 182 Å². The van der Waals surface area contributed by atoms with Crippen molar-refractivity contribution in [1.29, 1.82) is 0 Å². The monoisotopic (exact) mass is 714 g/mol. The van der Waals surface area contributed by atoms with Gasteiger partial charge in [-0.1, -0.05) is 115 Å². The summed E-state index contributed by atoms with van der Waals surface area (Å²) in [5.41, 5.74) is 12.3. The number of fused-ring (bicyclic) bond motifs is 13. The summed E-state index contributed by atoms with van der Waals surface area (Å²) in [5, 5.41) is 11.5. The van der Waals surface area contributed by atoms with Crippen molar-refractivity contribution in [2.45, 2.75) is 0 Å². The third-order valence-electron chi connectivity index (χ3n) is 11.9. The number of hydrogen-bond donors (Lipinski definition) is 0. The Hall–Kier alpha value is -7.56. The summed E-state index contributed by atoms with van der Waals surface area (Å²) in [6.07, 6.45) is 0. The van der Waals surface area contributed by atoms with Gasteiger partial charge < -0.3 is 18.0 Å². The van der Waals surface area contributed by atoms with Crippen molar-refractivity contribution in [2.75, 3.05) is 0 Å². The van der Waals surface area contributed by atoms with E-state index >= 15 is 0 Å². The number of benzene rings is 9.